The van der Waals surface area contributed by atoms with Crippen molar-refractivity contribution in [3.63, 3.8) is 0 Å². The topological polar surface area (TPSA) is 20.2 Å². The second-order valence-corrected chi connectivity index (χ2v) is 13.7. The van der Waals surface area contributed by atoms with Gasteiger partial charge in [0, 0.05) is 0 Å². The van der Waals surface area contributed by atoms with Gasteiger partial charge in [0.25, 0.3) is 0 Å². The smallest absolute Gasteiger partial charge is 0.0594 e. The molecule has 4 rings (SSSR count). The molecule has 1 N–H and O–H groups in total. The summed E-state index contributed by atoms with van der Waals surface area (Å²) in [6.07, 6.45) is 16.4. The summed E-state index contributed by atoms with van der Waals surface area (Å²) in [4.78, 5) is 0. The molecule has 0 aromatic rings. The van der Waals surface area contributed by atoms with E-state index in [9.17, 15) is 5.11 Å². The zero-order valence-corrected chi connectivity index (χ0v) is 21.9. The normalized spacial score (nSPS) is 49.1. The number of rotatable bonds is 3. The van der Waals surface area contributed by atoms with Crippen molar-refractivity contribution in [3.05, 3.63) is 23.3 Å². The van der Waals surface area contributed by atoms with Crippen molar-refractivity contribution in [1.29, 1.82) is 0 Å². The van der Waals surface area contributed by atoms with Crippen LogP contribution >= 0.6 is 0 Å². The number of aliphatic hydroxyl groups is 1. The van der Waals surface area contributed by atoms with Crippen LogP contribution in [0.2, 0.25) is 0 Å². The van der Waals surface area contributed by atoms with Gasteiger partial charge in [-0.05, 0) is 124 Å². The molecule has 0 saturated heterocycles. The molecule has 4 saturated carbocycles. The molecule has 0 radical (unpaired) electrons. The molecule has 31 heavy (non-hydrogen) atoms. The Balaban J connectivity index is 1.63. The van der Waals surface area contributed by atoms with E-state index in [0.29, 0.717) is 22.2 Å². The Morgan fingerprint density at radius 3 is 2.13 bits per heavy atom. The number of hydrogen-bond donors (Lipinski definition) is 1. The highest BCUT2D eigenvalue weighted by atomic mass is 16.3. The molecule has 1 nitrogen and oxygen atoms in total. The zero-order valence-electron chi connectivity index (χ0n) is 21.9. The van der Waals surface area contributed by atoms with Crippen LogP contribution in [0.5, 0.6) is 0 Å². The summed E-state index contributed by atoms with van der Waals surface area (Å²) >= 11 is 0. The van der Waals surface area contributed by atoms with Gasteiger partial charge >= 0.3 is 0 Å². The van der Waals surface area contributed by atoms with E-state index in [1.807, 2.05) is 0 Å². The number of allylic oxidation sites excluding steroid dienone is 4. The maximum absolute atomic E-state index is 10.8. The predicted octanol–water partition coefficient (Wildman–Crippen LogP) is 8.34. The molecule has 4 fully saturated rings. The fraction of sp³-hybridized carbons (Fsp3) is 0.867. The van der Waals surface area contributed by atoms with Gasteiger partial charge in [0.1, 0.15) is 0 Å². The number of aliphatic hydroxyl groups excluding tert-OH is 1. The molecule has 176 valence electrons. The van der Waals surface area contributed by atoms with Crippen molar-refractivity contribution in [2.75, 3.05) is 0 Å². The fourth-order valence-electron chi connectivity index (χ4n) is 9.91. The van der Waals surface area contributed by atoms with Crippen molar-refractivity contribution >= 4 is 0 Å². The molecule has 0 aromatic carbocycles. The van der Waals surface area contributed by atoms with Crippen molar-refractivity contribution in [2.45, 2.75) is 119 Å². The molecule has 1 heteroatoms. The van der Waals surface area contributed by atoms with Crippen molar-refractivity contribution < 1.29 is 5.11 Å². The maximum atomic E-state index is 10.8. The van der Waals surface area contributed by atoms with Gasteiger partial charge in [-0.3, -0.25) is 0 Å². The summed E-state index contributed by atoms with van der Waals surface area (Å²) in [6, 6.07) is 0. The van der Waals surface area contributed by atoms with Crippen LogP contribution < -0.4 is 0 Å². The lowest BCUT2D eigenvalue weighted by Crippen LogP contribution is -2.63. The van der Waals surface area contributed by atoms with Crippen LogP contribution in [0.3, 0.4) is 0 Å². The van der Waals surface area contributed by atoms with Gasteiger partial charge in [-0.2, -0.15) is 0 Å². The minimum Gasteiger partial charge on any atom is -0.393 e. The Bertz CT molecular complexity index is 754. The highest BCUT2D eigenvalue weighted by Crippen LogP contribution is 2.75. The first-order chi connectivity index (χ1) is 14.4. The average molecular weight is 427 g/mol. The van der Waals surface area contributed by atoms with Gasteiger partial charge in [-0.1, -0.05) is 57.9 Å². The SMILES string of the molecule is CC(C)=CCC=C(C)[C@H]1CC[C@]2(C)[C@@H]1CC[C@@H]1[C@@]3(C)CC[C@H](O)C(C)(C)[C@@H]3CC[C@]12C. The first-order valence-corrected chi connectivity index (χ1v) is 13.4. The van der Waals surface area contributed by atoms with E-state index in [4.69, 9.17) is 0 Å². The summed E-state index contributed by atoms with van der Waals surface area (Å²) in [6.45, 7) is 19.6. The van der Waals surface area contributed by atoms with E-state index in [1.54, 1.807) is 5.57 Å². The van der Waals surface area contributed by atoms with E-state index >= 15 is 0 Å². The van der Waals surface area contributed by atoms with Crippen molar-refractivity contribution in [1.82, 2.24) is 0 Å². The third-order valence-electron chi connectivity index (χ3n) is 11.9. The molecule has 0 aliphatic heterocycles. The highest BCUT2D eigenvalue weighted by molar-refractivity contribution is 5.21. The van der Waals surface area contributed by atoms with Crippen LogP contribution in [0.1, 0.15) is 113 Å². The Labute approximate surface area is 193 Å². The molecule has 0 unspecified atom stereocenters. The van der Waals surface area contributed by atoms with Gasteiger partial charge < -0.3 is 5.11 Å². The van der Waals surface area contributed by atoms with Gasteiger partial charge in [0.15, 0.2) is 0 Å². The van der Waals surface area contributed by atoms with Gasteiger partial charge in [-0.15, -0.1) is 0 Å². The number of hydrogen-bond acceptors (Lipinski definition) is 1. The monoisotopic (exact) mass is 426 g/mol. The highest BCUT2D eigenvalue weighted by Gasteiger charge is 2.68. The lowest BCUT2D eigenvalue weighted by molar-refractivity contribution is -0.220. The van der Waals surface area contributed by atoms with Gasteiger partial charge in [-0.25, -0.2) is 0 Å². The third-order valence-corrected chi connectivity index (χ3v) is 11.9. The molecule has 0 amide bonds. The third kappa shape index (κ3) is 3.34. The Morgan fingerprint density at radius 2 is 1.45 bits per heavy atom. The Kier molecular flexibility index (Phi) is 5.90. The lowest BCUT2D eigenvalue weighted by Gasteiger charge is -2.69. The molecule has 4 aliphatic carbocycles. The standard InChI is InChI=1S/C30H50O/c1-20(2)10-9-11-21(3)22-14-18-29(7)23(22)12-13-25-28(6)17-16-26(31)27(4,5)24(28)15-19-30(25,29)8/h10-11,22-26,31H,9,12-19H2,1-8H3/t22-,23-,24+,25-,26+,28+,29-,30-/m1/s1. The molecule has 0 heterocycles. The molecular formula is C30H50O. The van der Waals surface area contributed by atoms with Crippen molar-refractivity contribution in [3.8, 4) is 0 Å². The van der Waals surface area contributed by atoms with E-state index in [2.05, 4.69) is 67.5 Å². The minimum atomic E-state index is -0.119. The summed E-state index contributed by atoms with van der Waals surface area (Å²) < 4.78 is 0. The predicted molar refractivity (Wildman–Crippen MR) is 133 cm³/mol. The maximum Gasteiger partial charge on any atom is 0.0594 e. The molecule has 8 atom stereocenters. The molecule has 0 bridgehead atoms. The van der Waals surface area contributed by atoms with Gasteiger partial charge in [0.2, 0.25) is 0 Å². The van der Waals surface area contributed by atoms with Crippen LogP contribution in [0, 0.1) is 45.3 Å². The zero-order chi connectivity index (χ0) is 22.8. The minimum absolute atomic E-state index is 0.0640. The van der Waals surface area contributed by atoms with Crippen LogP contribution in [-0.4, -0.2) is 11.2 Å². The lowest BCUT2D eigenvalue weighted by atomic mass is 9.35. The van der Waals surface area contributed by atoms with Crippen LogP contribution in [-0.2, 0) is 0 Å². The number of fused-ring (bicyclic) bond motifs is 5. The van der Waals surface area contributed by atoms with Crippen LogP contribution in [0.15, 0.2) is 23.3 Å². The van der Waals surface area contributed by atoms with Crippen LogP contribution in [0.4, 0.5) is 0 Å². The van der Waals surface area contributed by atoms with E-state index in [1.165, 1.54) is 50.5 Å². The largest absolute Gasteiger partial charge is 0.393 e. The van der Waals surface area contributed by atoms with Crippen LogP contribution in [0.25, 0.3) is 0 Å². The summed E-state index contributed by atoms with van der Waals surface area (Å²) in [5, 5.41) is 10.8. The first kappa shape index (κ1) is 23.6. The first-order valence-electron chi connectivity index (χ1n) is 13.4. The summed E-state index contributed by atoms with van der Waals surface area (Å²) in [5.74, 6) is 3.15. The average Bonchev–Trinajstić information content (AvgIpc) is 3.03. The molecule has 0 spiro atoms. The van der Waals surface area contributed by atoms with E-state index < -0.39 is 0 Å². The van der Waals surface area contributed by atoms with Crippen molar-refractivity contribution in [2.24, 2.45) is 45.3 Å². The second kappa shape index (κ2) is 7.75. The van der Waals surface area contributed by atoms with E-state index in [0.717, 1.165) is 30.6 Å². The molecule has 4 aliphatic rings. The summed E-state index contributed by atoms with van der Waals surface area (Å²) in [5.41, 5.74) is 4.48. The fourth-order valence-corrected chi connectivity index (χ4v) is 9.91. The quantitative estimate of drug-likeness (QED) is 0.450. The van der Waals surface area contributed by atoms with Gasteiger partial charge in [0.05, 0.1) is 6.10 Å². The molecular weight excluding hydrogens is 376 g/mol. The Hall–Kier alpha value is -0.560. The summed E-state index contributed by atoms with van der Waals surface area (Å²) in [7, 11) is 0. The Morgan fingerprint density at radius 1 is 0.774 bits per heavy atom. The molecule has 0 aromatic heterocycles. The van der Waals surface area contributed by atoms with E-state index in [-0.39, 0.29) is 11.5 Å². The second-order valence-electron chi connectivity index (χ2n) is 13.7.